The maximum Gasteiger partial charge on any atom is 0.416 e. The second-order valence-electron chi connectivity index (χ2n) is 5.80. The molecule has 1 fully saturated rings. The molecule has 1 unspecified atom stereocenters. The van der Waals surface area contributed by atoms with Crippen LogP contribution in [0.4, 0.5) is 13.2 Å². The van der Waals surface area contributed by atoms with Crippen LogP contribution in [-0.4, -0.2) is 31.1 Å². The largest absolute Gasteiger partial charge is 0.416 e. The standard InChI is InChI=1S/C17H18BrF3N2S/c18-15-7-6-14(24-15)16(23-10-1-8-22-9-11-23)12-2-4-13(5-3-12)17(19,20)21/h2-7,16,22H,1,8-11H2. The number of thiophene rings is 1. The molecule has 0 radical (unpaired) electrons. The van der Waals surface area contributed by atoms with Crippen LogP contribution < -0.4 is 5.32 Å². The fraction of sp³-hybridized carbons (Fsp3) is 0.412. The van der Waals surface area contributed by atoms with Gasteiger partial charge in [-0.1, -0.05) is 12.1 Å². The highest BCUT2D eigenvalue weighted by atomic mass is 79.9. The summed E-state index contributed by atoms with van der Waals surface area (Å²) in [7, 11) is 0. The van der Waals surface area contributed by atoms with Crippen LogP contribution >= 0.6 is 27.3 Å². The van der Waals surface area contributed by atoms with E-state index in [9.17, 15) is 13.2 Å². The smallest absolute Gasteiger partial charge is 0.315 e. The molecular formula is C17H18BrF3N2S. The molecular weight excluding hydrogens is 401 g/mol. The molecule has 0 aliphatic carbocycles. The van der Waals surface area contributed by atoms with E-state index in [1.54, 1.807) is 23.5 Å². The lowest BCUT2D eigenvalue weighted by molar-refractivity contribution is -0.137. The molecule has 0 saturated carbocycles. The lowest BCUT2D eigenvalue weighted by Crippen LogP contribution is -2.32. The van der Waals surface area contributed by atoms with Crippen molar-refractivity contribution in [1.82, 2.24) is 10.2 Å². The fourth-order valence-corrected chi connectivity index (χ4v) is 4.60. The van der Waals surface area contributed by atoms with Gasteiger partial charge < -0.3 is 5.32 Å². The van der Waals surface area contributed by atoms with Crippen LogP contribution in [0.2, 0.25) is 0 Å². The Bertz CT molecular complexity index is 661. The molecule has 1 aromatic heterocycles. The monoisotopic (exact) mass is 418 g/mol. The van der Waals surface area contributed by atoms with Crippen LogP contribution in [0.25, 0.3) is 0 Å². The topological polar surface area (TPSA) is 15.3 Å². The van der Waals surface area contributed by atoms with Crippen molar-refractivity contribution >= 4 is 27.3 Å². The van der Waals surface area contributed by atoms with Gasteiger partial charge in [0.2, 0.25) is 0 Å². The number of alkyl halides is 3. The third-order valence-electron chi connectivity index (χ3n) is 4.16. The molecule has 1 aliphatic heterocycles. The molecule has 130 valence electrons. The Kier molecular flexibility index (Phi) is 5.64. The van der Waals surface area contributed by atoms with E-state index in [0.717, 1.165) is 46.8 Å². The van der Waals surface area contributed by atoms with Crippen molar-refractivity contribution < 1.29 is 13.2 Å². The Labute approximate surface area is 151 Å². The minimum atomic E-state index is -4.30. The maximum atomic E-state index is 12.8. The number of hydrogen-bond acceptors (Lipinski definition) is 3. The van der Waals surface area contributed by atoms with Gasteiger partial charge in [-0.25, -0.2) is 0 Å². The molecule has 1 aromatic carbocycles. The number of benzene rings is 1. The molecule has 1 N–H and O–H groups in total. The minimum absolute atomic E-state index is 0.0107. The van der Waals surface area contributed by atoms with E-state index in [0.29, 0.717) is 0 Å². The lowest BCUT2D eigenvalue weighted by Gasteiger charge is -2.30. The zero-order valence-corrected chi connectivity index (χ0v) is 15.3. The number of nitrogens with zero attached hydrogens (tertiary/aromatic N) is 1. The van der Waals surface area contributed by atoms with Crippen molar-refractivity contribution in [2.24, 2.45) is 0 Å². The first-order valence-corrected chi connectivity index (χ1v) is 9.43. The van der Waals surface area contributed by atoms with Crippen molar-refractivity contribution in [3.05, 3.63) is 56.2 Å². The van der Waals surface area contributed by atoms with Gasteiger partial charge in [-0.15, -0.1) is 11.3 Å². The minimum Gasteiger partial charge on any atom is -0.315 e. The molecule has 0 spiro atoms. The van der Waals surface area contributed by atoms with Gasteiger partial charge in [0.1, 0.15) is 0 Å². The van der Waals surface area contributed by atoms with Gasteiger partial charge in [0.05, 0.1) is 15.4 Å². The Morgan fingerprint density at radius 1 is 1.04 bits per heavy atom. The summed E-state index contributed by atoms with van der Waals surface area (Å²) in [5.41, 5.74) is 0.300. The van der Waals surface area contributed by atoms with E-state index in [-0.39, 0.29) is 6.04 Å². The van der Waals surface area contributed by atoms with Gasteiger partial charge in [0, 0.05) is 24.5 Å². The molecule has 0 amide bonds. The van der Waals surface area contributed by atoms with Crippen LogP contribution in [-0.2, 0) is 6.18 Å². The van der Waals surface area contributed by atoms with Crippen molar-refractivity contribution in [3.8, 4) is 0 Å². The molecule has 1 saturated heterocycles. The molecule has 2 nitrogen and oxygen atoms in total. The zero-order chi connectivity index (χ0) is 17.2. The second-order valence-corrected chi connectivity index (χ2v) is 8.30. The molecule has 24 heavy (non-hydrogen) atoms. The molecule has 1 aliphatic rings. The zero-order valence-electron chi connectivity index (χ0n) is 12.9. The molecule has 1 atom stereocenters. The van der Waals surface area contributed by atoms with Gasteiger partial charge in [0.15, 0.2) is 0 Å². The first kappa shape index (κ1) is 17.9. The predicted octanol–water partition coefficient (Wildman–Crippen LogP) is 4.91. The second kappa shape index (κ2) is 7.56. The van der Waals surface area contributed by atoms with Crippen molar-refractivity contribution in [3.63, 3.8) is 0 Å². The third-order valence-corrected chi connectivity index (χ3v) is 5.83. The summed E-state index contributed by atoms with van der Waals surface area (Å²) < 4.78 is 39.5. The highest BCUT2D eigenvalue weighted by Gasteiger charge is 2.31. The van der Waals surface area contributed by atoms with Gasteiger partial charge in [-0.05, 0) is 58.7 Å². The summed E-state index contributed by atoms with van der Waals surface area (Å²) in [6, 6.07) is 9.62. The normalized spacial score (nSPS) is 18.3. The molecule has 2 aromatic rings. The average Bonchev–Trinajstić information content (AvgIpc) is 2.80. The SMILES string of the molecule is FC(F)(F)c1ccc(C(c2ccc(Br)s2)N2CCCNCC2)cc1. The molecule has 2 heterocycles. The summed E-state index contributed by atoms with van der Waals surface area (Å²) in [5.74, 6) is 0. The number of rotatable bonds is 3. The van der Waals surface area contributed by atoms with Gasteiger partial charge in [-0.3, -0.25) is 4.90 Å². The first-order chi connectivity index (χ1) is 11.4. The third kappa shape index (κ3) is 4.20. The van der Waals surface area contributed by atoms with E-state index in [1.807, 2.05) is 6.07 Å². The average molecular weight is 419 g/mol. The highest BCUT2D eigenvalue weighted by molar-refractivity contribution is 9.11. The van der Waals surface area contributed by atoms with Crippen molar-refractivity contribution in [2.75, 3.05) is 26.2 Å². The van der Waals surface area contributed by atoms with E-state index in [1.165, 1.54) is 12.1 Å². The van der Waals surface area contributed by atoms with E-state index < -0.39 is 11.7 Å². The Morgan fingerprint density at radius 2 is 1.79 bits per heavy atom. The summed E-state index contributed by atoms with van der Waals surface area (Å²) in [6.07, 6.45) is -3.27. The maximum absolute atomic E-state index is 12.8. The predicted molar refractivity (Wildman–Crippen MR) is 94.4 cm³/mol. The van der Waals surface area contributed by atoms with Crippen molar-refractivity contribution in [2.45, 2.75) is 18.6 Å². The summed E-state index contributed by atoms with van der Waals surface area (Å²) >= 11 is 5.12. The summed E-state index contributed by atoms with van der Waals surface area (Å²) in [6.45, 7) is 3.67. The molecule has 7 heteroatoms. The van der Waals surface area contributed by atoms with E-state index in [4.69, 9.17) is 0 Å². The van der Waals surface area contributed by atoms with E-state index >= 15 is 0 Å². The van der Waals surface area contributed by atoms with E-state index in [2.05, 4.69) is 32.2 Å². The van der Waals surface area contributed by atoms with Crippen LogP contribution in [0.5, 0.6) is 0 Å². The lowest BCUT2D eigenvalue weighted by atomic mass is 10.0. The number of hydrogen-bond donors (Lipinski definition) is 1. The number of halogens is 4. The quantitative estimate of drug-likeness (QED) is 0.761. The van der Waals surface area contributed by atoms with Crippen LogP contribution in [0.1, 0.15) is 28.5 Å². The van der Waals surface area contributed by atoms with Crippen molar-refractivity contribution in [1.29, 1.82) is 0 Å². The fourth-order valence-electron chi connectivity index (χ4n) is 3.01. The molecule has 0 bridgehead atoms. The van der Waals surface area contributed by atoms with Crippen LogP contribution in [0.3, 0.4) is 0 Å². The molecule has 3 rings (SSSR count). The number of nitrogens with one attached hydrogen (secondary N) is 1. The highest BCUT2D eigenvalue weighted by Crippen LogP contribution is 2.37. The Hall–Kier alpha value is -0.890. The Morgan fingerprint density at radius 3 is 2.42 bits per heavy atom. The van der Waals surface area contributed by atoms with Crippen LogP contribution in [0.15, 0.2) is 40.2 Å². The summed E-state index contributed by atoms with van der Waals surface area (Å²) in [5, 5.41) is 3.37. The summed E-state index contributed by atoms with van der Waals surface area (Å²) in [4.78, 5) is 3.49. The van der Waals surface area contributed by atoms with Crippen LogP contribution in [0, 0.1) is 0 Å². The first-order valence-electron chi connectivity index (χ1n) is 7.82. The Balaban J connectivity index is 1.94. The van der Waals surface area contributed by atoms with Gasteiger partial charge in [-0.2, -0.15) is 13.2 Å². The van der Waals surface area contributed by atoms with Gasteiger partial charge in [0.25, 0.3) is 0 Å². The van der Waals surface area contributed by atoms with Gasteiger partial charge >= 0.3 is 6.18 Å².